The number of hydrogen-bond donors (Lipinski definition) is 2. The van der Waals surface area contributed by atoms with Crippen LogP contribution in [0, 0.1) is 12.7 Å². The molecule has 1 amide bonds. The van der Waals surface area contributed by atoms with Gasteiger partial charge in [-0.05, 0) is 68.1 Å². The quantitative estimate of drug-likeness (QED) is 0.345. The van der Waals surface area contributed by atoms with Crippen LogP contribution in [0.2, 0.25) is 0 Å². The molecule has 1 aromatic carbocycles. The van der Waals surface area contributed by atoms with Gasteiger partial charge in [-0.25, -0.2) is 9.37 Å². The van der Waals surface area contributed by atoms with Gasteiger partial charge in [-0.3, -0.25) is 14.8 Å². The van der Waals surface area contributed by atoms with Gasteiger partial charge in [0.2, 0.25) is 0 Å². The lowest BCUT2D eigenvalue weighted by molar-refractivity contribution is -0.117. The first-order chi connectivity index (χ1) is 14.9. The number of nitrogens with two attached hydrogens (primary N) is 1. The predicted octanol–water partition coefficient (Wildman–Crippen LogP) is 4.05. The van der Waals surface area contributed by atoms with Crippen molar-refractivity contribution in [2.24, 2.45) is 4.99 Å². The second-order valence-electron chi connectivity index (χ2n) is 7.06. The van der Waals surface area contributed by atoms with Crippen LogP contribution < -0.4 is 11.1 Å². The number of pyridine rings is 2. The van der Waals surface area contributed by atoms with Crippen molar-refractivity contribution in [3.63, 3.8) is 0 Å². The number of nitrogens with zero attached hydrogens (tertiary/aromatic N) is 3. The van der Waals surface area contributed by atoms with E-state index in [1.165, 1.54) is 12.1 Å². The zero-order valence-electron chi connectivity index (χ0n) is 17.5. The lowest BCUT2D eigenvalue weighted by atomic mass is 10.1. The Hall–Kier alpha value is -3.87. The number of halogens is 1. The molecule has 31 heavy (non-hydrogen) atoms. The molecule has 0 bridgehead atoms. The van der Waals surface area contributed by atoms with Crippen molar-refractivity contribution in [1.82, 2.24) is 15.3 Å². The first kappa shape index (κ1) is 21.8. The second-order valence-corrected chi connectivity index (χ2v) is 7.06. The predicted molar refractivity (Wildman–Crippen MR) is 122 cm³/mol. The number of carbonyl (C=O) groups excluding carboxylic acids is 1. The Labute approximate surface area is 180 Å². The van der Waals surface area contributed by atoms with Crippen molar-refractivity contribution in [3.8, 4) is 0 Å². The molecule has 0 aliphatic rings. The zero-order valence-corrected chi connectivity index (χ0v) is 17.5. The van der Waals surface area contributed by atoms with Gasteiger partial charge in [-0.2, -0.15) is 0 Å². The molecule has 0 spiro atoms. The molecule has 0 unspecified atom stereocenters. The molecule has 2 heterocycles. The highest BCUT2D eigenvalue weighted by molar-refractivity contribution is 5.96. The highest BCUT2D eigenvalue weighted by Crippen LogP contribution is 2.18. The summed E-state index contributed by atoms with van der Waals surface area (Å²) in [6.45, 7) is 7.57. The van der Waals surface area contributed by atoms with Gasteiger partial charge in [-0.15, -0.1) is 0 Å². The number of hydrogen-bond acceptors (Lipinski definition) is 5. The van der Waals surface area contributed by atoms with Crippen LogP contribution in [0.1, 0.15) is 23.7 Å². The fourth-order valence-corrected chi connectivity index (χ4v) is 3.14. The maximum absolute atomic E-state index is 13.5. The number of fused-ring (bicyclic) bond motifs is 1. The van der Waals surface area contributed by atoms with Crippen molar-refractivity contribution in [2.75, 3.05) is 5.73 Å². The van der Waals surface area contributed by atoms with E-state index in [0.29, 0.717) is 41.0 Å². The number of benzene rings is 1. The fourth-order valence-electron chi connectivity index (χ4n) is 3.14. The Morgan fingerprint density at radius 2 is 2.10 bits per heavy atom. The van der Waals surface area contributed by atoms with E-state index in [0.717, 1.165) is 16.8 Å². The average molecular weight is 417 g/mol. The number of aryl methyl sites for hydroxylation is 1. The highest BCUT2D eigenvalue weighted by Gasteiger charge is 2.10. The molecule has 158 valence electrons. The third kappa shape index (κ3) is 5.60. The standard InChI is InChI=1S/C24H24FN5O/c1-4-17(24(31)29-14-18-5-8-23(26)30-15(18)2)12-21(27-3)10-16-9-19-11-20(25)6-7-22(19)28-13-16/h4-9,11-13H,3,10,14H2,1-2H3,(H2,26,30)(H,29,31)/b17-4+,21-12-. The van der Waals surface area contributed by atoms with E-state index in [2.05, 4.69) is 27.0 Å². The third-order valence-electron chi connectivity index (χ3n) is 4.84. The van der Waals surface area contributed by atoms with E-state index < -0.39 is 0 Å². The first-order valence-electron chi connectivity index (χ1n) is 9.77. The lowest BCUT2D eigenvalue weighted by Crippen LogP contribution is -2.24. The molecule has 3 aromatic rings. The van der Waals surface area contributed by atoms with Crippen LogP contribution in [0.4, 0.5) is 10.2 Å². The van der Waals surface area contributed by atoms with Gasteiger partial charge in [0.1, 0.15) is 11.6 Å². The van der Waals surface area contributed by atoms with Crippen LogP contribution in [0.5, 0.6) is 0 Å². The molecule has 3 N–H and O–H groups in total. The lowest BCUT2D eigenvalue weighted by Gasteiger charge is -2.10. The molecular weight excluding hydrogens is 393 g/mol. The Kier molecular flexibility index (Phi) is 6.87. The first-order valence-corrected chi connectivity index (χ1v) is 9.77. The van der Waals surface area contributed by atoms with Crippen molar-refractivity contribution < 1.29 is 9.18 Å². The number of carbonyl (C=O) groups is 1. The van der Waals surface area contributed by atoms with Crippen LogP contribution in [0.15, 0.2) is 71.0 Å². The molecular formula is C24H24FN5O. The molecule has 0 saturated heterocycles. The zero-order chi connectivity index (χ0) is 22.4. The summed E-state index contributed by atoms with van der Waals surface area (Å²) in [5, 5.41) is 3.59. The SMILES string of the molecule is C=N/C(=C\C(=C/C)C(=O)NCc1ccc(N)nc1C)Cc1cnc2ccc(F)cc2c1. The minimum absolute atomic E-state index is 0.237. The van der Waals surface area contributed by atoms with Crippen molar-refractivity contribution in [1.29, 1.82) is 0 Å². The maximum Gasteiger partial charge on any atom is 0.251 e. The second kappa shape index (κ2) is 9.75. The molecule has 0 aliphatic heterocycles. The Morgan fingerprint density at radius 1 is 1.29 bits per heavy atom. The fraction of sp³-hybridized carbons (Fsp3) is 0.167. The summed E-state index contributed by atoms with van der Waals surface area (Å²) >= 11 is 0. The van der Waals surface area contributed by atoms with E-state index in [-0.39, 0.29) is 11.7 Å². The Balaban J connectivity index is 1.73. The summed E-state index contributed by atoms with van der Waals surface area (Å²) in [5.74, 6) is -0.112. The van der Waals surface area contributed by atoms with Crippen LogP contribution in [0.25, 0.3) is 10.9 Å². The number of allylic oxidation sites excluding steroid dienone is 2. The Bertz CT molecular complexity index is 1200. The normalized spacial score (nSPS) is 12.1. The Morgan fingerprint density at radius 3 is 2.81 bits per heavy atom. The van der Waals surface area contributed by atoms with Crippen LogP contribution in [0.3, 0.4) is 0 Å². The minimum Gasteiger partial charge on any atom is -0.384 e. The van der Waals surface area contributed by atoms with Gasteiger partial charge < -0.3 is 11.1 Å². The number of nitrogen functional groups attached to an aromatic ring is 1. The van der Waals surface area contributed by atoms with E-state index in [4.69, 9.17) is 5.73 Å². The molecule has 0 atom stereocenters. The number of nitrogens with one attached hydrogen (secondary N) is 1. The molecule has 3 rings (SSSR count). The third-order valence-corrected chi connectivity index (χ3v) is 4.84. The highest BCUT2D eigenvalue weighted by atomic mass is 19.1. The number of rotatable bonds is 7. The summed E-state index contributed by atoms with van der Waals surface area (Å²) in [6.07, 6.45) is 5.52. The summed E-state index contributed by atoms with van der Waals surface area (Å²) in [6, 6.07) is 9.86. The van der Waals surface area contributed by atoms with E-state index in [9.17, 15) is 9.18 Å². The van der Waals surface area contributed by atoms with Gasteiger partial charge in [-0.1, -0.05) is 12.1 Å². The monoisotopic (exact) mass is 417 g/mol. The number of aromatic nitrogens is 2. The minimum atomic E-state index is -0.316. The van der Waals surface area contributed by atoms with Crippen LogP contribution >= 0.6 is 0 Å². The molecule has 0 fully saturated rings. The molecule has 7 heteroatoms. The van der Waals surface area contributed by atoms with Crippen LogP contribution in [-0.2, 0) is 17.8 Å². The summed E-state index contributed by atoms with van der Waals surface area (Å²) in [7, 11) is 0. The summed E-state index contributed by atoms with van der Waals surface area (Å²) < 4.78 is 13.5. The average Bonchev–Trinajstić information content (AvgIpc) is 2.75. The molecule has 6 nitrogen and oxygen atoms in total. The number of amides is 1. The van der Waals surface area contributed by atoms with E-state index >= 15 is 0 Å². The maximum atomic E-state index is 13.5. The molecule has 0 saturated carbocycles. The van der Waals surface area contributed by atoms with Crippen molar-refractivity contribution in [3.05, 3.63) is 88.7 Å². The van der Waals surface area contributed by atoms with E-state index in [1.54, 1.807) is 37.4 Å². The molecule has 2 aromatic heterocycles. The van der Waals surface area contributed by atoms with Gasteiger partial charge in [0, 0.05) is 41.5 Å². The van der Waals surface area contributed by atoms with Gasteiger partial charge in [0.05, 0.1) is 5.52 Å². The number of aliphatic imine (C=N–C) groups is 1. The molecule has 0 aliphatic carbocycles. The van der Waals surface area contributed by atoms with Gasteiger partial charge in [0.15, 0.2) is 0 Å². The van der Waals surface area contributed by atoms with Crippen molar-refractivity contribution >= 4 is 29.3 Å². The summed E-state index contributed by atoms with van der Waals surface area (Å²) in [4.78, 5) is 25.3. The summed E-state index contributed by atoms with van der Waals surface area (Å²) in [5.41, 5.74) is 9.95. The van der Waals surface area contributed by atoms with Gasteiger partial charge >= 0.3 is 0 Å². The van der Waals surface area contributed by atoms with E-state index in [1.807, 2.05) is 19.1 Å². The smallest absolute Gasteiger partial charge is 0.251 e. The van der Waals surface area contributed by atoms with Crippen LogP contribution in [-0.4, -0.2) is 22.6 Å². The molecule has 0 radical (unpaired) electrons. The number of anilines is 1. The largest absolute Gasteiger partial charge is 0.384 e. The van der Waals surface area contributed by atoms with Gasteiger partial charge in [0.25, 0.3) is 5.91 Å². The van der Waals surface area contributed by atoms with Crippen molar-refractivity contribution in [2.45, 2.75) is 26.8 Å². The topological polar surface area (TPSA) is 93.3 Å².